The van der Waals surface area contributed by atoms with Crippen molar-refractivity contribution in [1.29, 1.82) is 0 Å². The molecule has 11 heteroatoms. The number of furan rings is 1. The number of aliphatic hydroxyl groups excluding tert-OH is 1. The van der Waals surface area contributed by atoms with Crippen molar-refractivity contribution in [2.45, 2.75) is 24.8 Å². The van der Waals surface area contributed by atoms with Crippen molar-refractivity contribution in [3.8, 4) is 0 Å². The fourth-order valence-electron chi connectivity index (χ4n) is 4.23. The summed E-state index contributed by atoms with van der Waals surface area (Å²) in [4.78, 5) is 32.5. The molecular formula is C25H19ClN2O6S2. The number of fused-ring (bicyclic) bond motifs is 1. The third kappa shape index (κ3) is 4.01. The van der Waals surface area contributed by atoms with Gasteiger partial charge in [-0.05, 0) is 55.8 Å². The topological polar surface area (TPSA) is 118 Å². The van der Waals surface area contributed by atoms with Crippen LogP contribution < -0.4 is 4.90 Å². The van der Waals surface area contributed by atoms with Crippen molar-refractivity contribution in [1.82, 2.24) is 4.98 Å². The number of thiazole rings is 1. The van der Waals surface area contributed by atoms with Gasteiger partial charge in [0.25, 0.3) is 5.78 Å². The van der Waals surface area contributed by atoms with Gasteiger partial charge in [0.2, 0.25) is 0 Å². The number of nitrogens with zero attached hydrogens (tertiary/aromatic N) is 2. The van der Waals surface area contributed by atoms with E-state index in [1.54, 1.807) is 50.2 Å². The molecule has 2 aromatic heterocycles. The number of carbonyl (C=O) groups is 2. The van der Waals surface area contributed by atoms with E-state index in [2.05, 4.69) is 4.98 Å². The van der Waals surface area contributed by atoms with Gasteiger partial charge in [0.1, 0.15) is 17.3 Å². The molecule has 0 saturated carbocycles. The highest BCUT2D eigenvalue weighted by molar-refractivity contribution is 7.90. The Kier molecular flexibility index (Phi) is 5.77. The number of ketones is 1. The van der Waals surface area contributed by atoms with Gasteiger partial charge in [-0.15, -0.1) is 0 Å². The first-order chi connectivity index (χ1) is 17.0. The SMILES string of the molecule is Cc1cc(/C(O)=C2\C(=O)C(=O)N(c3nc4ccc(S(C)(=O)=O)cc4s3)C2c2ccc(Cl)cc2)c(C)o1. The highest BCUT2D eigenvalue weighted by atomic mass is 35.5. The summed E-state index contributed by atoms with van der Waals surface area (Å²) < 4.78 is 30.1. The Bertz CT molecular complexity index is 1700. The first kappa shape index (κ1) is 24.2. The maximum absolute atomic E-state index is 13.3. The van der Waals surface area contributed by atoms with E-state index < -0.39 is 27.6 Å². The minimum atomic E-state index is -3.45. The molecule has 1 unspecified atom stereocenters. The second-order valence-electron chi connectivity index (χ2n) is 8.45. The van der Waals surface area contributed by atoms with Crippen LogP contribution in [0.5, 0.6) is 0 Å². The number of benzene rings is 2. The second kappa shape index (κ2) is 8.58. The lowest BCUT2D eigenvalue weighted by molar-refractivity contribution is -0.132. The zero-order valence-electron chi connectivity index (χ0n) is 19.3. The Morgan fingerprint density at radius 1 is 1.11 bits per heavy atom. The predicted molar refractivity (Wildman–Crippen MR) is 137 cm³/mol. The molecule has 0 aliphatic carbocycles. The zero-order valence-corrected chi connectivity index (χ0v) is 21.7. The Labute approximate surface area is 215 Å². The Hall–Kier alpha value is -3.47. The summed E-state index contributed by atoms with van der Waals surface area (Å²) >= 11 is 7.15. The Morgan fingerprint density at radius 2 is 1.81 bits per heavy atom. The molecule has 1 atom stereocenters. The molecule has 0 radical (unpaired) electrons. The molecule has 4 aromatic rings. The first-order valence-corrected chi connectivity index (χ1v) is 13.8. The average Bonchev–Trinajstić information content (AvgIpc) is 3.46. The number of hydrogen-bond donors (Lipinski definition) is 1. The molecular weight excluding hydrogens is 524 g/mol. The van der Waals surface area contributed by atoms with E-state index in [1.165, 1.54) is 17.0 Å². The molecule has 1 amide bonds. The van der Waals surface area contributed by atoms with Crippen LogP contribution in [0, 0.1) is 13.8 Å². The van der Waals surface area contributed by atoms with E-state index in [1.807, 2.05) is 0 Å². The highest BCUT2D eigenvalue weighted by Crippen LogP contribution is 2.45. The van der Waals surface area contributed by atoms with Crippen molar-refractivity contribution >= 4 is 65.6 Å². The second-order valence-corrected chi connectivity index (χ2v) is 11.9. The molecule has 1 saturated heterocycles. The lowest BCUT2D eigenvalue weighted by Crippen LogP contribution is -2.29. The summed E-state index contributed by atoms with van der Waals surface area (Å²) in [5, 5.41) is 11.9. The normalized spacial score (nSPS) is 17.9. The van der Waals surface area contributed by atoms with Gasteiger partial charge in [0.15, 0.2) is 15.0 Å². The number of rotatable bonds is 4. The number of aliphatic hydroxyl groups is 1. The fraction of sp³-hybridized carbons (Fsp3) is 0.160. The Balaban J connectivity index is 1.73. The van der Waals surface area contributed by atoms with Gasteiger partial charge in [-0.25, -0.2) is 13.4 Å². The van der Waals surface area contributed by atoms with E-state index in [4.69, 9.17) is 16.0 Å². The Morgan fingerprint density at radius 3 is 2.42 bits per heavy atom. The maximum atomic E-state index is 13.3. The van der Waals surface area contributed by atoms with Crippen LogP contribution in [0.1, 0.15) is 28.7 Å². The molecule has 0 bridgehead atoms. The molecule has 36 heavy (non-hydrogen) atoms. The summed E-state index contributed by atoms with van der Waals surface area (Å²) in [5.41, 5.74) is 1.21. The van der Waals surface area contributed by atoms with E-state index in [0.29, 0.717) is 37.9 Å². The van der Waals surface area contributed by atoms with Crippen LogP contribution in [0.3, 0.4) is 0 Å². The molecule has 1 aliphatic rings. The van der Waals surface area contributed by atoms with Gasteiger partial charge in [0.05, 0.1) is 32.3 Å². The lowest BCUT2D eigenvalue weighted by atomic mass is 9.95. The van der Waals surface area contributed by atoms with Crippen LogP contribution in [0.25, 0.3) is 16.0 Å². The van der Waals surface area contributed by atoms with E-state index >= 15 is 0 Å². The van der Waals surface area contributed by atoms with Crippen molar-refractivity contribution in [2.24, 2.45) is 0 Å². The van der Waals surface area contributed by atoms with Crippen LogP contribution in [-0.4, -0.2) is 36.5 Å². The van der Waals surface area contributed by atoms with Crippen molar-refractivity contribution in [2.75, 3.05) is 11.2 Å². The quantitative estimate of drug-likeness (QED) is 0.214. The molecule has 3 heterocycles. The smallest absolute Gasteiger partial charge is 0.301 e. The molecule has 184 valence electrons. The largest absolute Gasteiger partial charge is 0.507 e. The van der Waals surface area contributed by atoms with E-state index in [9.17, 15) is 23.1 Å². The standard InChI is InChI=1S/C25H19ClN2O6S2/c1-12-10-17(13(2)34-12)22(29)20-21(14-4-6-15(26)7-5-14)28(24(31)23(20)30)25-27-18-9-8-16(36(3,32)33)11-19(18)35-25/h4-11,21,29H,1-3H3/b22-20+. The number of hydrogen-bond acceptors (Lipinski definition) is 8. The number of aryl methyl sites for hydroxylation is 2. The van der Waals surface area contributed by atoms with Crippen molar-refractivity contribution < 1.29 is 27.5 Å². The average molecular weight is 543 g/mol. The van der Waals surface area contributed by atoms with Crippen LogP contribution in [0.4, 0.5) is 5.13 Å². The number of anilines is 1. The number of aromatic nitrogens is 1. The molecule has 5 rings (SSSR count). The summed E-state index contributed by atoms with van der Waals surface area (Å²) in [7, 11) is -3.45. The zero-order chi connectivity index (χ0) is 25.9. The van der Waals surface area contributed by atoms with Crippen LogP contribution in [0.15, 0.2) is 63.4 Å². The molecule has 8 nitrogen and oxygen atoms in total. The van der Waals surface area contributed by atoms with Crippen LogP contribution in [-0.2, 0) is 19.4 Å². The highest BCUT2D eigenvalue weighted by Gasteiger charge is 2.48. The van der Waals surface area contributed by atoms with Crippen LogP contribution >= 0.6 is 22.9 Å². The van der Waals surface area contributed by atoms with Gasteiger partial charge in [-0.1, -0.05) is 35.1 Å². The number of Topliss-reactive ketones (excluding diaryl/α,β-unsaturated/α-hetero) is 1. The number of amides is 1. The van der Waals surface area contributed by atoms with Crippen molar-refractivity contribution in [3.05, 3.63) is 81.8 Å². The summed E-state index contributed by atoms with van der Waals surface area (Å²) in [6, 6.07) is 11.7. The summed E-state index contributed by atoms with van der Waals surface area (Å²) in [6.07, 6.45) is 1.11. The van der Waals surface area contributed by atoms with Gasteiger partial charge in [-0.2, -0.15) is 0 Å². The molecule has 1 N–H and O–H groups in total. The molecule has 1 fully saturated rings. The van der Waals surface area contributed by atoms with Crippen molar-refractivity contribution in [3.63, 3.8) is 0 Å². The van der Waals surface area contributed by atoms with Gasteiger partial charge < -0.3 is 9.52 Å². The minimum Gasteiger partial charge on any atom is -0.507 e. The third-order valence-electron chi connectivity index (χ3n) is 5.91. The number of sulfone groups is 1. The van der Waals surface area contributed by atoms with E-state index in [-0.39, 0.29) is 21.4 Å². The monoisotopic (exact) mass is 542 g/mol. The molecule has 1 aliphatic heterocycles. The van der Waals surface area contributed by atoms with Gasteiger partial charge >= 0.3 is 5.91 Å². The number of carbonyl (C=O) groups excluding carboxylic acids is 2. The van der Waals surface area contributed by atoms with Gasteiger partial charge in [0, 0.05) is 11.3 Å². The van der Waals surface area contributed by atoms with Crippen LogP contribution in [0.2, 0.25) is 5.02 Å². The summed E-state index contributed by atoms with van der Waals surface area (Å²) in [6.45, 7) is 3.37. The molecule has 2 aromatic carbocycles. The summed E-state index contributed by atoms with van der Waals surface area (Å²) in [5.74, 6) is -1.15. The first-order valence-electron chi connectivity index (χ1n) is 10.7. The minimum absolute atomic E-state index is 0.109. The maximum Gasteiger partial charge on any atom is 0.301 e. The fourth-order valence-corrected chi connectivity index (χ4v) is 6.11. The lowest BCUT2D eigenvalue weighted by Gasteiger charge is -2.22. The molecule has 0 spiro atoms. The van der Waals surface area contributed by atoms with Gasteiger partial charge in [-0.3, -0.25) is 14.5 Å². The third-order valence-corrected chi connectivity index (χ3v) is 8.29. The van der Waals surface area contributed by atoms with E-state index in [0.717, 1.165) is 17.6 Å². The predicted octanol–water partition coefficient (Wildman–Crippen LogP) is 5.19. The number of halogens is 1.